The van der Waals surface area contributed by atoms with E-state index in [2.05, 4.69) is 0 Å². The molecule has 33 heavy (non-hydrogen) atoms. The Labute approximate surface area is 205 Å². The molecule has 170 valence electrons. The number of amides is 1. The van der Waals surface area contributed by atoms with Crippen LogP contribution in [0.25, 0.3) is 5.76 Å². The Morgan fingerprint density at radius 3 is 2.48 bits per heavy atom. The van der Waals surface area contributed by atoms with Gasteiger partial charge in [-0.05, 0) is 66.2 Å². The highest BCUT2D eigenvalue weighted by Gasteiger charge is 2.47. The van der Waals surface area contributed by atoms with Gasteiger partial charge in [0.15, 0.2) is 0 Å². The summed E-state index contributed by atoms with van der Waals surface area (Å²) < 4.78 is 5.24. The molecule has 0 spiro atoms. The topological polar surface area (TPSA) is 66.8 Å². The smallest absolute Gasteiger partial charge is 0.295 e. The molecule has 1 aliphatic rings. The summed E-state index contributed by atoms with van der Waals surface area (Å²) in [6, 6.07) is 13.4. The van der Waals surface area contributed by atoms with Crippen LogP contribution >= 0.6 is 34.5 Å². The van der Waals surface area contributed by atoms with Crippen molar-refractivity contribution in [3.8, 4) is 5.75 Å². The Morgan fingerprint density at radius 1 is 1.12 bits per heavy atom. The number of aryl methyl sites for hydroxylation is 1. The number of methoxy groups -OCH3 is 1. The normalized spacial score (nSPS) is 17.6. The van der Waals surface area contributed by atoms with Crippen molar-refractivity contribution in [3.63, 3.8) is 0 Å². The van der Waals surface area contributed by atoms with Gasteiger partial charge in [-0.15, -0.1) is 11.3 Å². The van der Waals surface area contributed by atoms with Gasteiger partial charge in [-0.2, -0.15) is 0 Å². The maximum Gasteiger partial charge on any atom is 0.295 e. The molecule has 2 aromatic carbocycles. The molecule has 1 atom stereocenters. The van der Waals surface area contributed by atoms with Crippen LogP contribution in [0.2, 0.25) is 10.0 Å². The lowest BCUT2D eigenvalue weighted by molar-refractivity contribution is -0.139. The van der Waals surface area contributed by atoms with Gasteiger partial charge >= 0.3 is 0 Å². The Bertz CT molecular complexity index is 1250. The summed E-state index contributed by atoms with van der Waals surface area (Å²) in [7, 11) is 1.50. The zero-order valence-electron chi connectivity index (χ0n) is 18.0. The van der Waals surface area contributed by atoms with Gasteiger partial charge in [-0.25, -0.2) is 0 Å². The third-order valence-electron chi connectivity index (χ3n) is 5.67. The SMILES string of the molecule is COc1ccc(Cl)c(/C(O)=C2\C(=O)C(=O)N(CCc3ccc(Cl)cc3)C2c2sccc2C)c1. The fraction of sp³-hybridized carbons (Fsp3) is 0.200. The first-order valence-corrected chi connectivity index (χ1v) is 11.9. The number of likely N-dealkylation sites (tertiary alicyclic amines) is 1. The molecule has 1 fully saturated rings. The molecule has 0 saturated carbocycles. The van der Waals surface area contributed by atoms with Crippen LogP contribution in [0.3, 0.4) is 0 Å². The quantitative estimate of drug-likeness (QED) is 0.254. The summed E-state index contributed by atoms with van der Waals surface area (Å²) in [4.78, 5) is 28.6. The second kappa shape index (κ2) is 9.59. The van der Waals surface area contributed by atoms with Crippen molar-refractivity contribution in [3.05, 3.63) is 91.1 Å². The number of benzene rings is 2. The second-order valence-electron chi connectivity index (χ2n) is 7.68. The van der Waals surface area contributed by atoms with Crippen LogP contribution < -0.4 is 4.74 Å². The monoisotopic (exact) mass is 501 g/mol. The van der Waals surface area contributed by atoms with E-state index in [1.54, 1.807) is 30.3 Å². The molecule has 1 unspecified atom stereocenters. The van der Waals surface area contributed by atoms with E-state index in [4.69, 9.17) is 27.9 Å². The third kappa shape index (κ3) is 4.51. The lowest BCUT2D eigenvalue weighted by Crippen LogP contribution is -2.31. The molecule has 5 nitrogen and oxygen atoms in total. The first-order chi connectivity index (χ1) is 15.8. The van der Waals surface area contributed by atoms with Crippen LogP contribution in [0.15, 0.2) is 59.5 Å². The summed E-state index contributed by atoms with van der Waals surface area (Å²) in [6.45, 7) is 2.22. The van der Waals surface area contributed by atoms with E-state index in [0.717, 1.165) is 16.0 Å². The summed E-state index contributed by atoms with van der Waals surface area (Å²) in [5, 5.41) is 14.0. The van der Waals surface area contributed by atoms with Gasteiger partial charge in [0.05, 0.1) is 23.7 Å². The number of hydrogen-bond donors (Lipinski definition) is 1. The highest BCUT2D eigenvalue weighted by atomic mass is 35.5. The largest absolute Gasteiger partial charge is 0.507 e. The summed E-state index contributed by atoms with van der Waals surface area (Å²) in [5.41, 5.74) is 2.19. The molecular formula is C25H21Cl2NO4S. The predicted molar refractivity (Wildman–Crippen MR) is 131 cm³/mol. The molecule has 0 aliphatic carbocycles. The van der Waals surface area contributed by atoms with E-state index >= 15 is 0 Å². The number of nitrogens with zero attached hydrogens (tertiary/aromatic N) is 1. The maximum absolute atomic E-state index is 13.2. The maximum atomic E-state index is 13.2. The zero-order chi connectivity index (χ0) is 23.7. The van der Waals surface area contributed by atoms with Crippen LogP contribution in [0, 0.1) is 6.92 Å². The number of carbonyl (C=O) groups excluding carboxylic acids is 2. The minimum atomic E-state index is -0.736. The number of ether oxygens (including phenoxy) is 1. The highest BCUT2D eigenvalue weighted by Crippen LogP contribution is 2.43. The summed E-state index contributed by atoms with van der Waals surface area (Å²) in [5.74, 6) is -1.23. The lowest BCUT2D eigenvalue weighted by Gasteiger charge is -2.25. The third-order valence-corrected chi connectivity index (χ3v) is 7.33. The fourth-order valence-corrected chi connectivity index (χ4v) is 5.29. The van der Waals surface area contributed by atoms with Gasteiger partial charge in [0.25, 0.3) is 11.7 Å². The van der Waals surface area contributed by atoms with E-state index in [0.29, 0.717) is 23.7 Å². The van der Waals surface area contributed by atoms with Gasteiger partial charge in [0, 0.05) is 22.0 Å². The van der Waals surface area contributed by atoms with Crippen LogP contribution in [0.1, 0.15) is 27.6 Å². The number of rotatable bonds is 6. The molecule has 8 heteroatoms. The molecular weight excluding hydrogens is 481 g/mol. The lowest BCUT2D eigenvalue weighted by atomic mass is 9.98. The van der Waals surface area contributed by atoms with Crippen LogP contribution in [0.4, 0.5) is 0 Å². The molecule has 1 aliphatic heterocycles. The van der Waals surface area contributed by atoms with Gasteiger partial charge in [0.2, 0.25) is 0 Å². The Balaban J connectivity index is 1.80. The number of carbonyl (C=O) groups is 2. The molecule has 4 rings (SSSR count). The van der Waals surface area contributed by atoms with Crippen molar-refractivity contribution < 1.29 is 19.4 Å². The van der Waals surface area contributed by atoms with Crippen molar-refractivity contribution in [2.45, 2.75) is 19.4 Å². The number of thiophene rings is 1. The number of aliphatic hydroxyl groups is 1. The zero-order valence-corrected chi connectivity index (χ0v) is 20.3. The molecule has 1 saturated heterocycles. The molecule has 1 amide bonds. The van der Waals surface area contributed by atoms with E-state index in [1.807, 2.05) is 30.5 Å². The first-order valence-electron chi connectivity index (χ1n) is 10.2. The summed E-state index contributed by atoms with van der Waals surface area (Å²) in [6.07, 6.45) is 0.533. The van der Waals surface area contributed by atoms with Crippen molar-refractivity contribution in [2.24, 2.45) is 0 Å². The predicted octanol–water partition coefficient (Wildman–Crippen LogP) is 6.04. The van der Waals surface area contributed by atoms with Gasteiger partial charge in [0.1, 0.15) is 11.5 Å². The second-order valence-corrected chi connectivity index (χ2v) is 9.47. The van der Waals surface area contributed by atoms with E-state index in [-0.39, 0.29) is 21.9 Å². The van der Waals surface area contributed by atoms with Gasteiger partial charge < -0.3 is 14.7 Å². The molecule has 1 aromatic heterocycles. The van der Waals surface area contributed by atoms with Crippen molar-refractivity contribution in [1.29, 1.82) is 0 Å². The Morgan fingerprint density at radius 2 is 1.85 bits per heavy atom. The van der Waals surface area contributed by atoms with Gasteiger partial charge in [-0.1, -0.05) is 35.3 Å². The van der Waals surface area contributed by atoms with Crippen LogP contribution in [-0.2, 0) is 16.0 Å². The number of hydrogen-bond acceptors (Lipinski definition) is 5. The number of aliphatic hydroxyl groups excluding tert-OH is 1. The highest BCUT2D eigenvalue weighted by molar-refractivity contribution is 7.10. The number of ketones is 1. The average Bonchev–Trinajstić information content (AvgIpc) is 3.33. The minimum Gasteiger partial charge on any atom is -0.507 e. The average molecular weight is 502 g/mol. The summed E-state index contributed by atoms with van der Waals surface area (Å²) >= 11 is 13.8. The standard InChI is InChI=1S/C25H21Cl2NO4S/c1-14-10-12-33-24(14)21-20(22(29)18-13-17(32-2)7-8-19(18)27)23(30)25(31)28(21)11-9-15-3-5-16(26)6-4-15/h3-8,10,12-13,21,29H,9,11H2,1-2H3/b22-20+. The Hall–Kier alpha value is -2.80. The molecule has 2 heterocycles. The fourth-order valence-electron chi connectivity index (χ4n) is 3.91. The first kappa shape index (κ1) is 23.4. The van der Waals surface area contributed by atoms with Crippen molar-refractivity contribution in [2.75, 3.05) is 13.7 Å². The molecule has 1 N–H and O–H groups in total. The van der Waals surface area contributed by atoms with Crippen molar-refractivity contribution in [1.82, 2.24) is 4.90 Å². The van der Waals surface area contributed by atoms with E-state index < -0.39 is 17.7 Å². The molecule has 0 radical (unpaired) electrons. The van der Waals surface area contributed by atoms with Crippen molar-refractivity contribution >= 4 is 52.0 Å². The molecule has 0 bridgehead atoms. The number of Topliss-reactive ketones (excluding diaryl/α,β-unsaturated/α-hetero) is 1. The minimum absolute atomic E-state index is 0.0248. The Kier molecular flexibility index (Phi) is 6.79. The van der Waals surface area contributed by atoms with E-state index in [1.165, 1.54) is 23.3 Å². The number of halogens is 2. The van der Waals surface area contributed by atoms with Crippen LogP contribution in [0.5, 0.6) is 5.75 Å². The van der Waals surface area contributed by atoms with E-state index in [9.17, 15) is 14.7 Å². The van der Waals surface area contributed by atoms with Gasteiger partial charge in [-0.3, -0.25) is 9.59 Å². The van der Waals surface area contributed by atoms with Crippen LogP contribution in [-0.4, -0.2) is 35.4 Å². The molecule has 3 aromatic rings.